The van der Waals surface area contributed by atoms with Crippen molar-refractivity contribution in [3.63, 3.8) is 0 Å². The maximum absolute atomic E-state index is 11.8. The summed E-state index contributed by atoms with van der Waals surface area (Å²) in [4.78, 5) is 17.6. The van der Waals surface area contributed by atoms with Gasteiger partial charge >= 0.3 is 0 Å². The van der Waals surface area contributed by atoms with Crippen molar-refractivity contribution in [3.8, 4) is 0 Å². The van der Waals surface area contributed by atoms with Crippen LogP contribution >= 0.6 is 0 Å². The molecule has 0 bridgehead atoms. The van der Waals surface area contributed by atoms with Crippen LogP contribution in [0.15, 0.2) is 48.7 Å². The molecule has 0 aliphatic carbocycles. The van der Waals surface area contributed by atoms with Crippen LogP contribution in [0.1, 0.15) is 12.5 Å². The first-order valence-electron chi connectivity index (χ1n) is 5.47. The van der Waals surface area contributed by atoms with Gasteiger partial charge in [-0.15, -0.1) is 0 Å². The Morgan fingerprint density at radius 3 is 2.41 bits per heavy atom. The predicted molar refractivity (Wildman–Crippen MR) is 68.2 cm³/mol. The second-order valence-electron chi connectivity index (χ2n) is 3.83. The first-order chi connectivity index (χ1) is 8.20. The zero-order chi connectivity index (χ0) is 12.3. The molecule has 2 aromatic rings. The summed E-state index contributed by atoms with van der Waals surface area (Å²) in [5.74, 6) is 0.604. The van der Waals surface area contributed by atoms with Gasteiger partial charge in [0, 0.05) is 13.1 Å². The van der Waals surface area contributed by atoms with Crippen molar-refractivity contribution in [1.82, 2.24) is 4.98 Å². The van der Waals surface area contributed by atoms with E-state index in [1.165, 1.54) is 0 Å². The summed E-state index contributed by atoms with van der Waals surface area (Å²) in [7, 11) is 0. The van der Waals surface area contributed by atoms with Crippen LogP contribution in [-0.4, -0.2) is 10.9 Å². The number of hydrogen-bond acceptors (Lipinski definition) is 2. The van der Waals surface area contributed by atoms with Gasteiger partial charge < -0.3 is 0 Å². The Morgan fingerprint density at radius 2 is 1.82 bits per heavy atom. The topological polar surface area (TPSA) is 33.2 Å². The van der Waals surface area contributed by atoms with Gasteiger partial charge in [-0.25, -0.2) is 4.98 Å². The monoisotopic (exact) mass is 226 g/mol. The van der Waals surface area contributed by atoms with E-state index in [1.807, 2.05) is 49.4 Å². The van der Waals surface area contributed by atoms with Gasteiger partial charge in [0.2, 0.25) is 5.91 Å². The SMILES string of the molecule is CC(=O)N(c1ccccn1)c1ccccc1C. The average molecular weight is 226 g/mol. The molecule has 0 aliphatic rings. The van der Waals surface area contributed by atoms with Crippen molar-refractivity contribution in [2.75, 3.05) is 4.90 Å². The molecule has 1 heterocycles. The summed E-state index contributed by atoms with van der Waals surface area (Å²) in [6.07, 6.45) is 1.68. The van der Waals surface area contributed by atoms with Crippen LogP contribution in [0.2, 0.25) is 0 Å². The lowest BCUT2D eigenvalue weighted by atomic mass is 10.2. The Morgan fingerprint density at radius 1 is 1.12 bits per heavy atom. The minimum Gasteiger partial charge on any atom is -0.274 e. The molecule has 0 atom stereocenters. The maximum Gasteiger partial charge on any atom is 0.229 e. The number of anilines is 2. The molecule has 17 heavy (non-hydrogen) atoms. The van der Waals surface area contributed by atoms with Gasteiger partial charge in [0.05, 0.1) is 5.69 Å². The fourth-order valence-electron chi connectivity index (χ4n) is 1.75. The molecule has 1 amide bonds. The van der Waals surface area contributed by atoms with E-state index >= 15 is 0 Å². The Balaban J connectivity index is 2.51. The lowest BCUT2D eigenvalue weighted by Gasteiger charge is -2.21. The Kier molecular flexibility index (Phi) is 3.19. The minimum atomic E-state index is -0.0435. The lowest BCUT2D eigenvalue weighted by molar-refractivity contribution is -0.115. The van der Waals surface area contributed by atoms with Crippen molar-refractivity contribution in [2.24, 2.45) is 0 Å². The summed E-state index contributed by atoms with van der Waals surface area (Å²) in [6.45, 7) is 3.52. The molecule has 1 aromatic carbocycles. The number of aryl methyl sites for hydroxylation is 1. The maximum atomic E-state index is 11.8. The van der Waals surface area contributed by atoms with E-state index in [9.17, 15) is 4.79 Å². The van der Waals surface area contributed by atoms with Crippen LogP contribution in [-0.2, 0) is 4.79 Å². The van der Waals surface area contributed by atoms with E-state index in [0.717, 1.165) is 11.3 Å². The molecule has 0 radical (unpaired) electrons. The largest absolute Gasteiger partial charge is 0.274 e. The summed E-state index contributed by atoms with van der Waals surface area (Å²) in [5.41, 5.74) is 1.92. The minimum absolute atomic E-state index is 0.0435. The fraction of sp³-hybridized carbons (Fsp3) is 0.143. The summed E-state index contributed by atoms with van der Waals surface area (Å²) >= 11 is 0. The van der Waals surface area contributed by atoms with Crippen LogP contribution in [0.3, 0.4) is 0 Å². The van der Waals surface area contributed by atoms with Gasteiger partial charge in [-0.2, -0.15) is 0 Å². The van der Waals surface area contributed by atoms with E-state index in [2.05, 4.69) is 4.98 Å². The van der Waals surface area contributed by atoms with Crippen molar-refractivity contribution in [3.05, 3.63) is 54.2 Å². The third-order valence-electron chi connectivity index (χ3n) is 2.55. The number of carbonyl (C=O) groups excluding carboxylic acids is 1. The average Bonchev–Trinajstić information content (AvgIpc) is 2.33. The van der Waals surface area contributed by atoms with E-state index < -0.39 is 0 Å². The highest BCUT2D eigenvalue weighted by Crippen LogP contribution is 2.26. The normalized spacial score (nSPS) is 10.0. The molecule has 1 aromatic heterocycles. The Labute approximate surface area is 101 Å². The predicted octanol–water partition coefficient (Wildman–Crippen LogP) is 3.07. The van der Waals surface area contributed by atoms with Crippen molar-refractivity contribution in [1.29, 1.82) is 0 Å². The molecule has 86 valence electrons. The van der Waals surface area contributed by atoms with Crippen LogP contribution in [0, 0.1) is 6.92 Å². The van der Waals surface area contributed by atoms with Gasteiger partial charge in [-0.3, -0.25) is 9.69 Å². The van der Waals surface area contributed by atoms with E-state index in [-0.39, 0.29) is 5.91 Å². The molecule has 3 heteroatoms. The smallest absolute Gasteiger partial charge is 0.229 e. The standard InChI is InChI=1S/C14H14N2O/c1-11-7-3-4-8-13(11)16(12(2)17)14-9-5-6-10-15-14/h3-10H,1-2H3. The molecule has 0 fully saturated rings. The highest BCUT2D eigenvalue weighted by Gasteiger charge is 2.16. The second-order valence-corrected chi connectivity index (χ2v) is 3.83. The molecular formula is C14H14N2O. The molecule has 0 spiro atoms. The quantitative estimate of drug-likeness (QED) is 0.788. The Hall–Kier alpha value is -2.16. The first kappa shape index (κ1) is 11.3. The van der Waals surface area contributed by atoms with E-state index in [4.69, 9.17) is 0 Å². The number of benzene rings is 1. The third-order valence-corrected chi connectivity index (χ3v) is 2.55. The number of aromatic nitrogens is 1. The molecule has 0 aliphatic heterocycles. The zero-order valence-corrected chi connectivity index (χ0v) is 9.92. The summed E-state index contributed by atoms with van der Waals surface area (Å²) in [5, 5.41) is 0. The third kappa shape index (κ3) is 2.33. The lowest BCUT2D eigenvalue weighted by Crippen LogP contribution is -2.24. The Bertz CT molecular complexity index is 523. The van der Waals surface area contributed by atoms with E-state index in [0.29, 0.717) is 5.82 Å². The second kappa shape index (κ2) is 4.78. The molecule has 0 N–H and O–H groups in total. The molecule has 0 saturated carbocycles. The molecule has 3 nitrogen and oxygen atoms in total. The van der Waals surface area contributed by atoms with Crippen molar-refractivity contribution in [2.45, 2.75) is 13.8 Å². The molecule has 0 saturated heterocycles. The van der Waals surface area contributed by atoms with E-state index in [1.54, 1.807) is 18.0 Å². The van der Waals surface area contributed by atoms with Gasteiger partial charge in [0.1, 0.15) is 5.82 Å². The summed E-state index contributed by atoms with van der Waals surface area (Å²) < 4.78 is 0. The molecule has 2 rings (SSSR count). The van der Waals surface area contributed by atoms with Crippen molar-refractivity contribution < 1.29 is 4.79 Å². The molecular weight excluding hydrogens is 212 g/mol. The first-order valence-corrected chi connectivity index (χ1v) is 5.47. The number of rotatable bonds is 2. The number of hydrogen-bond donors (Lipinski definition) is 0. The summed E-state index contributed by atoms with van der Waals surface area (Å²) in [6, 6.07) is 13.3. The van der Waals surface area contributed by atoms with Crippen LogP contribution in [0.25, 0.3) is 0 Å². The van der Waals surface area contributed by atoms with Gasteiger partial charge in [-0.1, -0.05) is 24.3 Å². The highest BCUT2D eigenvalue weighted by atomic mass is 16.2. The number of pyridine rings is 1. The number of nitrogens with zero attached hydrogens (tertiary/aromatic N) is 2. The highest BCUT2D eigenvalue weighted by molar-refractivity contribution is 5.98. The fourth-order valence-corrected chi connectivity index (χ4v) is 1.75. The van der Waals surface area contributed by atoms with Gasteiger partial charge in [-0.05, 0) is 30.7 Å². The van der Waals surface area contributed by atoms with Crippen LogP contribution < -0.4 is 4.90 Å². The number of amides is 1. The van der Waals surface area contributed by atoms with Gasteiger partial charge in [0.15, 0.2) is 0 Å². The van der Waals surface area contributed by atoms with Crippen molar-refractivity contribution >= 4 is 17.4 Å². The molecule has 0 unspecified atom stereocenters. The number of carbonyl (C=O) groups is 1. The van der Waals surface area contributed by atoms with Crippen LogP contribution in [0.4, 0.5) is 11.5 Å². The van der Waals surface area contributed by atoms with Gasteiger partial charge in [0.25, 0.3) is 0 Å². The zero-order valence-electron chi connectivity index (χ0n) is 9.92. The van der Waals surface area contributed by atoms with Crippen LogP contribution in [0.5, 0.6) is 0 Å². The number of para-hydroxylation sites is 1.